The fraction of sp³-hybridized carbons (Fsp3) is 0.600. The molecule has 30 heavy (non-hydrogen) atoms. The average molecular weight is 426 g/mol. The van der Waals surface area contributed by atoms with E-state index in [-0.39, 0.29) is 19.8 Å². The summed E-state index contributed by atoms with van der Waals surface area (Å²) in [6, 6.07) is 9.27. The third-order valence-electron chi connectivity index (χ3n) is 4.58. The molecule has 2 aliphatic heterocycles. The molecule has 10 nitrogen and oxygen atoms in total. The first kappa shape index (κ1) is 22.3. The summed E-state index contributed by atoms with van der Waals surface area (Å²) >= 11 is 0. The van der Waals surface area contributed by atoms with Gasteiger partial charge in [-0.15, -0.1) is 0 Å². The highest BCUT2D eigenvalue weighted by atomic mass is 16.8. The monoisotopic (exact) mass is 426 g/mol. The normalized spacial score (nSPS) is 30.6. The lowest BCUT2D eigenvalue weighted by Gasteiger charge is -2.47. The van der Waals surface area contributed by atoms with Crippen molar-refractivity contribution in [2.24, 2.45) is 0 Å². The Bertz CT molecular complexity index is 696. The van der Waals surface area contributed by atoms with Crippen molar-refractivity contribution >= 4 is 12.3 Å². The molecule has 1 aromatic carbocycles. The van der Waals surface area contributed by atoms with Gasteiger partial charge in [-0.1, -0.05) is 30.3 Å². The lowest BCUT2D eigenvalue weighted by Crippen LogP contribution is -2.64. The molecule has 1 aromatic rings. The summed E-state index contributed by atoms with van der Waals surface area (Å²) in [5, 5.41) is 0. The van der Waals surface area contributed by atoms with E-state index < -0.39 is 49.3 Å². The van der Waals surface area contributed by atoms with Crippen LogP contribution in [-0.2, 0) is 37.9 Å². The minimum Gasteiger partial charge on any atom is -0.435 e. The standard InChI is InChI=1S/C20H26O10/c1-4-24-19(21)29-15-14-13(11-26-17(28-14)12-9-7-6-8-10-12)27-18(23-3)16(15)30-20(22)25-5-2/h6-10,13-18H,4-5,11H2,1-3H3/t13-,14+,15+,16-,17+,18+/m1/s1. The van der Waals surface area contributed by atoms with E-state index in [4.69, 9.17) is 37.9 Å². The van der Waals surface area contributed by atoms with Gasteiger partial charge in [0.25, 0.3) is 0 Å². The molecule has 0 bridgehead atoms. The van der Waals surface area contributed by atoms with Crippen LogP contribution < -0.4 is 0 Å². The van der Waals surface area contributed by atoms with Crippen LogP contribution in [0, 0.1) is 0 Å². The van der Waals surface area contributed by atoms with Gasteiger partial charge in [-0.2, -0.15) is 0 Å². The maximum Gasteiger partial charge on any atom is 0.508 e. The summed E-state index contributed by atoms with van der Waals surface area (Å²) in [6.45, 7) is 3.67. The quantitative estimate of drug-likeness (QED) is 0.630. The van der Waals surface area contributed by atoms with Gasteiger partial charge in [0.15, 0.2) is 24.8 Å². The van der Waals surface area contributed by atoms with E-state index in [1.165, 1.54) is 7.11 Å². The number of methoxy groups -OCH3 is 1. The lowest BCUT2D eigenvalue weighted by molar-refractivity contribution is -0.358. The Hall–Kier alpha value is -2.40. The molecule has 2 aliphatic rings. The van der Waals surface area contributed by atoms with Gasteiger partial charge in [-0.25, -0.2) is 9.59 Å². The second-order valence-electron chi connectivity index (χ2n) is 6.49. The molecule has 166 valence electrons. The molecule has 2 saturated heterocycles. The molecule has 10 heteroatoms. The van der Waals surface area contributed by atoms with Crippen molar-refractivity contribution in [2.75, 3.05) is 26.9 Å². The third-order valence-corrected chi connectivity index (χ3v) is 4.58. The van der Waals surface area contributed by atoms with E-state index in [0.29, 0.717) is 0 Å². The first-order chi connectivity index (χ1) is 14.6. The van der Waals surface area contributed by atoms with E-state index >= 15 is 0 Å². The maximum absolute atomic E-state index is 12.1. The third kappa shape index (κ3) is 5.20. The number of carbonyl (C=O) groups is 2. The number of carbonyl (C=O) groups excluding carboxylic acids is 2. The highest BCUT2D eigenvalue weighted by Gasteiger charge is 2.54. The Morgan fingerprint density at radius 2 is 1.60 bits per heavy atom. The van der Waals surface area contributed by atoms with E-state index in [0.717, 1.165) is 5.56 Å². The molecule has 3 rings (SSSR count). The van der Waals surface area contributed by atoms with Crippen LogP contribution >= 0.6 is 0 Å². The van der Waals surface area contributed by atoms with Crippen LogP contribution in [0.5, 0.6) is 0 Å². The number of hydrogen-bond donors (Lipinski definition) is 0. The van der Waals surface area contributed by atoms with Crippen molar-refractivity contribution in [1.29, 1.82) is 0 Å². The number of rotatable bonds is 6. The zero-order valence-corrected chi connectivity index (χ0v) is 17.1. The van der Waals surface area contributed by atoms with E-state index in [2.05, 4.69) is 0 Å². The van der Waals surface area contributed by atoms with Crippen LogP contribution in [0.3, 0.4) is 0 Å². The summed E-state index contributed by atoms with van der Waals surface area (Å²) in [7, 11) is 1.38. The minimum absolute atomic E-state index is 0.111. The number of hydrogen-bond acceptors (Lipinski definition) is 10. The molecule has 0 amide bonds. The molecule has 0 N–H and O–H groups in total. The van der Waals surface area contributed by atoms with E-state index in [1.807, 2.05) is 30.3 Å². The Balaban J connectivity index is 1.85. The summed E-state index contributed by atoms with van der Waals surface area (Å²) in [5.41, 5.74) is 0.780. The largest absolute Gasteiger partial charge is 0.508 e. The SMILES string of the molecule is CCOC(=O)O[C@H]1[C@H]2O[C@@H](c3ccccc3)OC[C@H]2O[C@H](OC)[C@@H]1OC(=O)OCC. The van der Waals surface area contributed by atoms with Gasteiger partial charge in [-0.05, 0) is 13.8 Å². The van der Waals surface area contributed by atoms with Crippen LogP contribution in [0.25, 0.3) is 0 Å². The molecule has 0 radical (unpaired) electrons. The molecule has 0 aliphatic carbocycles. The van der Waals surface area contributed by atoms with Crippen molar-refractivity contribution in [3.63, 3.8) is 0 Å². The fourth-order valence-corrected chi connectivity index (χ4v) is 3.30. The Kier molecular flexibility index (Phi) is 7.86. The van der Waals surface area contributed by atoms with Crippen LogP contribution in [0.15, 0.2) is 30.3 Å². The average Bonchev–Trinajstić information content (AvgIpc) is 2.75. The van der Waals surface area contributed by atoms with Crippen LogP contribution in [0.1, 0.15) is 25.7 Å². The minimum atomic E-state index is -1.14. The van der Waals surface area contributed by atoms with Gasteiger partial charge in [0.2, 0.25) is 0 Å². The first-order valence-electron chi connectivity index (χ1n) is 9.74. The first-order valence-corrected chi connectivity index (χ1v) is 9.74. The molecular weight excluding hydrogens is 400 g/mol. The number of benzene rings is 1. The predicted octanol–water partition coefficient (Wildman–Crippen LogP) is 2.56. The Morgan fingerprint density at radius 3 is 2.20 bits per heavy atom. The van der Waals surface area contributed by atoms with Crippen LogP contribution in [0.4, 0.5) is 9.59 Å². The molecule has 0 aromatic heterocycles. The van der Waals surface area contributed by atoms with Crippen molar-refractivity contribution in [3.05, 3.63) is 35.9 Å². The second-order valence-corrected chi connectivity index (χ2v) is 6.49. The molecule has 0 saturated carbocycles. The molecular formula is C20H26O10. The van der Waals surface area contributed by atoms with Crippen molar-refractivity contribution in [1.82, 2.24) is 0 Å². The zero-order chi connectivity index (χ0) is 21.5. The fourth-order valence-electron chi connectivity index (χ4n) is 3.30. The van der Waals surface area contributed by atoms with Gasteiger partial charge in [-0.3, -0.25) is 0 Å². The van der Waals surface area contributed by atoms with Gasteiger partial charge in [0.1, 0.15) is 12.2 Å². The van der Waals surface area contributed by atoms with E-state index in [1.54, 1.807) is 13.8 Å². The van der Waals surface area contributed by atoms with Crippen molar-refractivity contribution in [3.8, 4) is 0 Å². The second kappa shape index (κ2) is 10.6. The topological polar surface area (TPSA) is 108 Å². The number of ether oxygens (including phenoxy) is 8. The summed E-state index contributed by atoms with van der Waals surface area (Å²) in [5.74, 6) is 0. The van der Waals surface area contributed by atoms with Crippen LogP contribution in [0.2, 0.25) is 0 Å². The molecule has 2 fully saturated rings. The Morgan fingerprint density at radius 1 is 0.967 bits per heavy atom. The smallest absolute Gasteiger partial charge is 0.435 e. The van der Waals surface area contributed by atoms with Crippen LogP contribution in [-0.4, -0.2) is 69.9 Å². The van der Waals surface area contributed by atoms with E-state index in [9.17, 15) is 9.59 Å². The van der Waals surface area contributed by atoms with Gasteiger partial charge >= 0.3 is 12.3 Å². The molecule has 2 heterocycles. The van der Waals surface area contributed by atoms with Gasteiger partial charge < -0.3 is 37.9 Å². The predicted molar refractivity (Wildman–Crippen MR) is 99.5 cm³/mol. The Labute approximate surface area is 174 Å². The molecule has 6 atom stereocenters. The lowest BCUT2D eigenvalue weighted by atomic mass is 9.97. The maximum atomic E-state index is 12.1. The van der Waals surface area contributed by atoms with Crippen molar-refractivity contribution < 1.29 is 47.5 Å². The molecule has 0 spiro atoms. The summed E-state index contributed by atoms with van der Waals surface area (Å²) < 4.78 is 43.6. The highest BCUT2D eigenvalue weighted by Crippen LogP contribution is 2.36. The van der Waals surface area contributed by atoms with Gasteiger partial charge in [0.05, 0.1) is 19.8 Å². The van der Waals surface area contributed by atoms with Crippen molar-refractivity contribution in [2.45, 2.75) is 50.8 Å². The number of fused-ring (bicyclic) bond motifs is 1. The summed E-state index contributed by atoms with van der Waals surface area (Å²) in [6.07, 6.45) is -7.28. The summed E-state index contributed by atoms with van der Waals surface area (Å²) in [4.78, 5) is 24.1. The molecule has 0 unspecified atom stereocenters. The van der Waals surface area contributed by atoms with Gasteiger partial charge in [0, 0.05) is 12.7 Å². The highest BCUT2D eigenvalue weighted by molar-refractivity contribution is 5.61. The zero-order valence-electron chi connectivity index (χ0n) is 17.1.